The molecule has 0 atom stereocenters. The maximum Gasteiger partial charge on any atom is 0.242 e. The van der Waals surface area contributed by atoms with Gasteiger partial charge in [-0.1, -0.05) is 0 Å². The van der Waals surface area contributed by atoms with E-state index in [4.69, 9.17) is 0 Å². The lowest BCUT2D eigenvalue weighted by atomic mass is 9.98. The SMILES string of the molecule is CC1(C)CN(C(=O)C(C)(C)N2CCNCC2)CCS1. The molecule has 1 amide bonds. The summed E-state index contributed by atoms with van der Waals surface area (Å²) in [5.74, 6) is 1.35. The van der Waals surface area contributed by atoms with Crippen LogP contribution in [-0.4, -0.2) is 71.0 Å². The average molecular weight is 285 g/mol. The zero-order valence-electron chi connectivity index (χ0n) is 12.7. The number of carbonyl (C=O) groups excluding carboxylic acids is 1. The molecule has 0 aromatic carbocycles. The molecule has 2 heterocycles. The zero-order valence-corrected chi connectivity index (χ0v) is 13.5. The van der Waals surface area contributed by atoms with Crippen molar-refractivity contribution in [1.82, 2.24) is 15.1 Å². The lowest BCUT2D eigenvalue weighted by Crippen LogP contribution is -2.62. The number of nitrogens with zero attached hydrogens (tertiary/aromatic N) is 2. The third-order valence-corrected chi connectivity index (χ3v) is 5.44. The summed E-state index contributed by atoms with van der Waals surface area (Å²) in [4.78, 5) is 17.2. The first kappa shape index (κ1) is 15.1. The molecule has 5 heteroatoms. The number of amides is 1. The van der Waals surface area contributed by atoms with Crippen LogP contribution in [0.25, 0.3) is 0 Å². The molecule has 2 aliphatic heterocycles. The molecule has 110 valence electrons. The van der Waals surface area contributed by atoms with Gasteiger partial charge in [0.25, 0.3) is 0 Å². The largest absolute Gasteiger partial charge is 0.339 e. The Labute approximate surface area is 121 Å². The first-order valence-electron chi connectivity index (χ1n) is 7.22. The van der Waals surface area contributed by atoms with E-state index in [1.54, 1.807) is 0 Å². The Bertz CT molecular complexity index is 338. The predicted molar refractivity (Wildman–Crippen MR) is 81.6 cm³/mol. The molecule has 2 aliphatic rings. The van der Waals surface area contributed by atoms with E-state index in [0.717, 1.165) is 45.0 Å². The van der Waals surface area contributed by atoms with Gasteiger partial charge >= 0.3 is 0 Å². The lowest BCUT2D eigenvalue weighted by Gasteiger charge is -2.45. The second-order valence-corrected chi connectivity index (χ2v) is 8.43. The minimum Gasteiger partial charge on any atom is -0.339 e. The normalized spacial score (nSPS) is 25.4. The topological polar surface area (TPSA) is 35.6 Å². The van der Waals surface area contributed by atoms with Crippen LogP contribution in [0.5, 0.6) is 0 Å². The maximum absolute atomic E-state index is 12.9. The number of hydrogen-bond acceptors (Lipinski definition) is 4. The highest BCUT2D eigenvalue weighted by Crippen LogP contribution is 2.31. The first-order chi connectivity index (χ1) is 8.83. The van der Waals surface area contributed by atoms with Crippen molar-refractivity contribution in [1.29, 1.82) is 0 Å². The van der Waals surface area contributed by atoms with Crippen molar-refractivity contribution >= 4 is 17.7 Å². The molecule has 2 saturated heterocycles. The van der Waals surface area contributed by atoms with E-state index >= 15 is 0 Å². The van der Waals surface area contributed by atoms with Crippen LogP contribution in [0.4, 0.5) is 0 Å². The van der Waals surface area contributed by atoms with Crippen LogP contribution in [0.2, 0.25) is 0 Å². The average Bonchev–Trinajstić information content (AvgIpc) is 2.37. The summed E-state index contributed by atoms with van der Waals surface area (Å²) in [6.45, 7) is 14.3. The Balaban J connectivity index is 2.04. The third kappa shape index (κ3) is 3.44. The monoisotopic (exact) mass is 285 g/mol. The van der Waals surface area contributed by atoms with E-state index < -0.39 is 0 Å². The van der Waals surface area contributed by atoms with Gasteiger partial charge in [0.1, 0.15) is 0 Å². The summed E-state index contributed by atoms with van der Waals surface area (Å²) in [6, 6.07) is 0. The van der Waals surface area contributed by atoms with Crippen molar-refractivity contribution in [2.75, 3.05) is 45.0 Å². The molecule has 0 bridgehead atoms. The molecule has 2 rings (SSSR count). The molecule has 0 aliphatic carbocycles. The van der Waals surface area contributed by atoms with Gasteiger partial charge in [0.2, 0.25) is 5.91 Å². The molecule has 0 aromatic heterocycles. The standard InChI is InChI=1S/C14H27N3OS/c1-13(2)11-16(9-10-19-13)12(18)14(3,4)17-7-5-15-6-8-17/h15H,5-11H2,1-4H3. The molecular formula is C14H27N3OS. The fourth-order valence-corrected chi connectivity index (χ4v) is 4.05. The van der Waals surface area contributed by atoms with Crippen LogP contribution in [0.3, 0.4) is 0 Å². The molecule has 0 spiro atoms. The van der Waals surface area contributed by atoms with Crippen molar-refractivity contribution in [3.05, 3.63) is 0 Å². The molecule has 1 N–H and O–H groups in total. The van der Waals surface area contributed by atoms with Gasteiger partial charge in [-0.3, -0.25) is 9.69 Å². The second-order valence-electron chi connectivity index (χ2n) is 6.63. The number of hydrogen-bond donors (Lipinski definition) is 1. The molecular weight excluding hydrogens is 258 g/mol. The van der Waals surface area contributed by atoms with Gasteiger partial charge in [0.05, 0.1) is 5.54 Å². The first-order valence-corrected chi connectivity index (χ1v) is 8.21. The molecule has 19 heavy (non-hydrogen) atoms. The van der Waals surface area contributed by atoms with Crippen molar-refractivity contribution in [2.45, 2.75) is 38.0 Å². The van der Waals surface area contributed by atoms with Crippen molar-refractivity contribution in [3.8, 4) is 0 Å². The van der Waals surface area contributed by atoms with Crippen LogP contribution in [0.1, 0.15) is 27.7 Å². The number of rotatable bonds is 2. The Kier molecular flexibility index (Phi) is 4.48. The van der Waals surface area contributed by atoms with Crippen LogP contribution < -0.4 is 5.32 Å². The number of nitrogens with one attached hydrogen (secondary N) is 1. The van der Waals surface area contributed by atoms with Crippen LogP contribution in [0.15, 0.2) is 0 Å². The summed E-state index contributed by atoms with van der Waals surface area (Å²) in [6.07, 6.45) is 0. The lowest BCUT2D eigenvalue weighted by molar-refractivity contribution is -0.143. The summed E-state index contributed by atoms with van der Waals surface area (Å²) >= 11 is 1.97. The minimum absolute atomic E-state index is 0.188. The summed E-state index contributed by atoms with van der Waals surface area (Å²) < 4.78 is 0.188. The molecule has 4 nitrogen and oxygen atoms in total. The highest BCUT2D eigenvalue weighted by Gasteiger charge is 2.40. The van der Waals surface area contributed by atoms with Crippen LogP contribution in [0, 0.1) is 0 Å². The van der Waals surface area contributed by atoms with Gasteiger partial charge < -0.3 is 10.2 Å². The maximum atomic E-state index is 12.9. The quantitative estimate of drug-likeness (QED) is 0.822. The highest BCUT2D eigenvalue weighted by atomic mass is 32.2. The van der Waals surface area contributed by atoms with E-state index in [-0.39, 0.29) is 10.3 Å². The minimum atomic E-state index is -0.375. The molecule has 2 fully saturated rings. The van der Waals surface area contributed by atoms with Crippen molar-refractivity contribution < 1.29 is 4.79 Å². The summed E-state index contributed by atoms with van der Waals surface area (Å²) in [5.41, 5.74) is -0.375. The van der Waals surface area contributed by atoms with E-state index in [1.165, 1.54) is 0 Å². The molecule has 0 radical (unpaired) electrons. The van der Waals surface area contributed by atoms with E-state index in [1.807, 2.05) is 11.8 Å². The van der Waals surface area contributed by atoms with Crippen LogP contribution in [-0.2, 0) is 4.79 Å². The highest BCUT2D eigenvalue weighted by molar-refractivity contribution is 8.00. The smallest absolute Gasteiger partial charge is 0.242 e. The van der Waals surface area contributed by atoms with Gasteiger partial charge in [0, 0.05) is 49.8 Å². The van der Waals surface area contributed by atoms with Gasteiger partial charge in [0.15, 0.2) is 0 Å². The Morgan fingerprint density at radius 2 is 1.84 bits per heavy atom. The van der Waals surface area contributed by atoms with E-state index in [9.17, 15) is 4.79 Å². The predicted octanol–water partition coefficient (Wildman–Crippen LogP) is 1.02. The van der Waals surface area contributed by atoms with Gasteiger partial charge in [-0.15, -0.1) is 0 Å². The Morgan fingerprint density at radius 3 is 2.42 bits per heavy atom. The fraction of sp³-hybridized carbons (Fsp3) is 0.929. The summed E-state index contributed by atoms with van der Waals surface area (Å²) in [7, 11) is 0. The van der Waals surface area contributed by atoms with E-state index in [2.05, 4.69) is 42.8 Å². The second kappa shape index (κ2) is 5.62. The fourth-order valence-electron chi connectivity index (χ4n) is 2.94. The molecule has 0 saturated carbocycles. The van der Waals surface area contributed by atoms with Gasteiger partial charge in [-0.05, 0) is 27.7 Å². The molecule has 0 aromatic rings. The van der Waals surface area contributed by atoms with Crippen molar-refractivity contribution in [3.63, 3.8) is 0 Å². The number of thioether (sulfide) groups is 1. The number of piperazine rings is 1. The van der Waals surface area contributed by atoms with Crippen LogP contribution >= 0.6 is 11.8 Å². The summed E-state index contributed by atoms with van der Waals surface area (Å²) in [5, 5.41) is 3.35. The Hall–Kier alpha value is -0.260. The molecule has 0 unspecified atom stereocenters. The van der Waals surface area contributed by atoms with Crippen molar-refractivity contribution in [2.24, 2.45) is 0 Å². The Morgan fingerprint density at radius 1 is 1.21 bits per heavy atom. The number of carbonyl (C=O) groups is 1. The van der Waals surface area contributed by atoms with E-state index in [0.29, 0.717) is 5.91 Å². The zero-order chi connectivity index (χ0) is 14.1. The third-order valence-electron chi connectivity index (χ3n) is 4.14. The van der Waals surface area contributed by atoms with Gasteiger partial charge in [-0.25, -0.2) is 0 Å². The van der Waals surface area contributed by atoms with Gasteiger partial charge in [-0.2, -0.15) is 11.8 Å².